The largest absolute Gasteiger partial charge is 0.342 e. The number of hydrogen-bond acceptors (Lipinski definition) is 5. The molecule has 0 atom stereocenters. The Morgan fingerprint density at radius 3 is 2.36 bits per heavy atom. The minimum Gasteiger partial charge on any atom is -0.342 e. The molecule has 1 saturated heterocycles. The topological polar surface area (TPSA) is 37.2 Å². The molecule has 3 aromatic carbocycles. The summed E-state index contributed by atoms with van der Waals surface area (Å²) in [6, 6.07) is 23.5. The van der Waals surface area contributed by atoms with Gasteiger partial charge in [0, 0.05) is 37.9 Å². The molecule has 0 unspecified atom stereocenters. The van der Waals surface area contributed by atoms with Crippen molar-refractivity contribution >= 4 is 24.4 Å². The summed E-state index contributed by atoms with van der Waals surface area (Å²) in [5.41, 5.74) is 5.74. The van der Waals surface area contributed by atoms with Crippen LogP contribution in [0.2, 0.25) is 0 Å². The van der Waals surface area contributed by atoms with E-state index in [-0.39, 0.29) is 5.82 Å². The van der Waals surface area contributed by atoms with Gasteiger partial charge in [-0.3, -0.25) is 4.90 Å². The molecule has 0 amide bonds. The van der Waals surface area contributed by atoms with E-state index in [1.165, 1.54) is 53.4 Å². The van der Waals surface area contributed by atoms with Crippen LogP contribution in [0.1, 0.15) is 16.7 Å². The van der Waals surface area contributed by atoms with Gasteiger partial charge in [-0.15, -0.1) is 0 Å². The number of benzene rings is 3. The Hall–Kier alpha value is -2.96. The lowest BCUT2D eigenvalue weighted by atomic mass is 10.0. The van der Waals surface area contributed by atoms with E-state index < -0.39 is 0 Å². The molecule has 0 aliphatic carbocycles. The molecule has 6 heteroatoms. The van der Waals surface area contributed by atoms with Crippen LogP contribution in [0.4, 0.5) is 4.39 Å². The number of hydrogen-bond donors (Lipinski definition) is 0. The second-order valence-electron chi connectivity index (χ2n) is 8.02. The normalized spacial score (nSPS) is 14.8. The van der Waals surface area contributed by atoms with Crippen molar-refractivity contribution < 1.29 is 9.23 Å². The van der Waals surface area contributed by atoms with E-state index in [1.54, 1.807) is 12.1 Å². The van der Waals surface area contributed by atoms with Gasteiger partial charge in [0.1, 0.15) is 5.82 Å². The van der Waals surface area contributed by atoms with Crippen LogP contribution >= 0.6 is 11.8 Å². The molecule has 0 N–H and O–H groups in total. The fraction of sp³-hybridized carbons (Fsp3) is 0.259. The molecule has 0 aromatic heterocycles. The zero-order chi connectivity index (χ0) is 22.9. The quantitative estimate of drug-likeness (QED) is 0.241. The maximum absolute atomic E-state index is 13.1. The van der Waals surface area contributed by atoms with Crippen LogP contribution in [0.5, 0.6) is 0 Å². The Labute approximate surface area is 199 Å². The number of halogens is 1. The van der Waals surface area contributed by atoms with E-state index in [9.17, 15) is 4.39 Å². The molecule has 170 valence electrons. The van der Waals surface area contributed by atoms with Crippen LogP contribution in [0.15, 0.2) is 82.9 Å². The molecular weight excluding hydrogens is 433 g/mol. The predicted octanol–water partition coefficient (Wildman–Crippen LogP) is 5.81. The van der Waals surface area contributed by atoms with Gasteiger partial charge in [0.15, 0.2) is 0 Å². The lowest BCUT2D eigenvalue weighted by Crippen LogP contribution is -2.31. The Kier molecular flexibility index (Phi) is 8.28. The van der Waals surface area contributed by atoms with Gasteiger partial charge in [-0.25, -0.2) is 9.38 Å². The molecule has 0 spiro atoms. The highest BCUT2D eigenvalue weighted by Gasteiger charge is 2.11. The second-order valence-corrected chi connectivity index (χ2v) is 9.24. The van der Waals surface area contributed by atoms with Crippen molar-refractivity contribution in [2.75, 3.05) is 24.6 Å². The lowest BCUT2D eigenvalue weighted by molar-refractivity contribution is 0.294. The summed E-state index contributed by atoms with van der Waals surface area (Å²) in [4.78, 5) is 12.3. The van der Waals surface area contributed by atoms with Gasteiger partial charge < -0.3 is 4.84 Å². The van der Waals surface area contributed by atoms with E-state index >= 15 is 0 Å². The average molecular weight is 462 g/mol. The molecular formula is C27H28FN3OS. The standard InChI is InChI=1S/C27H28FN3OS/c1-29-32-27(18-21-7-11-26(28)12-8-21)30-19-22-5-9-24(10-6-22)25-4-2-3-23(17-25)20-31-13-15-33-16-14-31/h2-12,17H,1,13-16,18-20H2. The van der Waals surface area contributed by atoms with Gasteiger partial charge >= 0.3 is 0 Å². The van der Waals surface area contributed by atoms with Gasteiger partial charge in [-0.05, 0) is 46.0 Å². The van der Waals surface area contributed by atoms with Crippen LogP contribution in [-0.2, 0) is 24.3 Å². The third-order valence-electron chi connectivity index (χ3n) is 5.60. The summed E-state index contributed by atoms with van der Waals surface area (Å²) in [6.07, 6.45) is 0.430. The number of oxime groups is 1. The summed E-state index contributed by atoms with van der Waals surface area (Å²) in [7, 11) is 0. The summed E-state index contributed by atoms with van der Waals surface area (Å²) >= 11 is 2.04. The van der Waals surface area contributed by atoms with E-state index in [0.29, 0.717) is 18.9 Å². The SMILES string of the molecule is C=NOC(Cc1ccc(F)cc1)=NCc1ccc(-c2cccc(CN3CCSCC3)c2)cc1. The van der Waals surface area contributed by atoms with Crippen molar-refractivity contribution in [1.29, 1.82) is 0 Å². The van der Waals surface area contributed by atoms with Crippen molar-refractivity contribution in [3.8, 4) is 11.1 Å². The fourth-order valence-electron chi connectivity index (χ4n) is 3.82. The average Bonchev–Trinajstić information content (AvgIpc) is 2.85. The fourth-order valence-corrected chi connectivity index (χ4v) is 4.80. The lowest BCUT2D eigenvalue weighted by Gasteiger charge is -2.26. The third-order valence-corrected chi connectivity index (χ3v) is 6.54. The van der Waals surface area contributed by atoms with Crippen molar-refractivity contribution in [2.24, 2.45) is 10.1 Å². The molecule has 0 radical (unpaired) electrons. The smallest absolute Gasteiger partial charge is 0.224 e. The zero-order valence-corrected chi connectivity index (χ0v) is 19.4. The van der Waals surface area contributed by atoms with Crippen LogP contribution in [-0.4, -0.2) is 42.1 Å². The third kappa shape index (κ3) is 7.01. The first-order valence-corrected chi connectivity index (χ1v) is 12.2. The second kappa shape index (κ2) is 11.8. The van der Waals surface area contributed by atoms with Crippen molar-refractivity contribution in [2.45, 2.75) is 19.5 Å². The first-order chi connectivity index (χ1) is 16.2. The van der Waals surface area contributed by atoms with Crippen molar-refractivity contribution in [3.05, 3.63) is 95.3 Å². The van der Waals surface area contributed by atoms with E-state index in [1.807, 2.05) is 11.8 Å². The van der Waals surface area contributed by atoms with Gasteiger partial charge in [-0.2, -0.15) is 11.8 Å². The molecule has 1 heterocycles. The van der Waals surface area contributed by atoms with E-state index in [4.69, 9.17) is 4.84 Å². The van der Waals surface area contributed by atoms with Gasteiger partial charge in [-0.1, -0.05) is 59.8 Å². The number of thioether (sulfide) groups is 1. The maximum Gasteiger partial charge on any atom is 0.224 e. The van der Waals surface area contributed by atoms with E-state index in [0.717, 1.165) is 17.7 Å². The summed E-state index contributed by atoms with van der Waals surface area (Å²) in [5.74, 6) is 2.63. The highest BCUT2D eigenvalue weighted by atomic mass is 32.2. The number of aliphatic imine (C=N–C) groups is 1. The summed E-state index contributed by atoms with van der Waals surface area (Å²) in [6.45, 7) is 7.19. The molecule has 3 aromatic rings. The van der Waals surface area contributed by atoms with Crippen LogP contribution < -0.4 is 0 Å². The van der Waals surface area contributed by atoms with Crippen LogP contribution in [0.3, 0.4) is 0 Å². The Bertz CT molecular complexity index is 1080. The van der Waals surface area contributed by atoms with Gasteiger partial charge in [0.25, 0.3) is 0 Å². The Morgan fingerprint density at radius 2 is 1.64 bits per heavy atom. The predicted molar refractivity (Wildman–Crippen MR) is 136 cm³/mol. The molecule has 1 aliphatic rings. The van der Waals surface area contributed by atoms with Crippen molar-refractivity contribution in [1.82, 2.24) is 4.90 Å². The molecule has 0 saturated carbocycles. The van der Waals surface area contributed by atoms with Gasteiger partial charge in [0.05, 0.1) is 13.0 Å². The van der Waals surface area contributed by atoms with Crippen LogP contribution in [0.25, 0.3) is 11.1 Å². The first kappa shape index (κ1) is 23.2. The minimum absolute atomic E-state index is 0.267. The highest BCUT2D eigenvalue weighted by molar-refractivity contribution is 7.99. The van der Waals surface area contributed by atoms with Crippen molar-refractivity contribution in [3.63, 3.8) is 0 Å². The maximum atomic E-state index is 13.1. The first-order valence-electron chi connectivity index (χ1n) is 11.1. The van der Waals surface area contributed by atoms with E-state index in [2.05, 4.69) is 70.3 Å². The molecule has 1 aliphatic heterocycles. The zero-order valence-electron chi connectivity index (χ0n) is 18.6. The Balaban J connectivity index is 1.40. The summed E-state index contributed by atoms with van der Waals surface area (Å²) < 4.78 is 13.1. The highest BCUT2D eigenvalue weighted by Crippen LogP contribution is 2.23. The minimum atomic E-state index is -0.267. The molecule has 33 heavy (non-hydrogen) atoms. The number of rotatable bonds is 8. The molecule has 4 rings (SSSR count). The van der Waals surface area contributed by atoms with Crippen LogP contribution in [0, 0.1) is 5.82 Å². The monoisotopic (exact) mass is 461 g/mol. The molecule has 4 nitrogen and oxygen atoms in total. The Morgan fingerprint density at radius 1 is 0.909 bits per heavy atom. The molecule has 1 fully saturated rings. The molecule has 0 bridgehead atoms. The number of nitrogens with zero attached hydrogens (tertiary/aromatic N) is 3. The van der Waals surface area contributed by atoms with Gasteiger partial charge in [0.2, 0.25) is 5.90 Å². The summed E-state index contributed by atoms with van der Waals surface area (Å²) in [5, 5.41) is 3.51.